The van der Waals surface area contributed by atoms with Crippen LogP contribution < -0.4 is 0 Å². The molecule has 0 amide bonds. The highest BCUT2D eigenvalue weighted by Gasteiger charge is 2.45. The van der Waals surface area contributed by atoms with Crippen LogP contribution in [0.15, 0.2) is 0 Å². The predicted octanol–water partition coefficient (Wildman–Crippen LogP) is 35.4. The first kappa shape index (κ1) is 152. The van der Waals surface area contributed by atoms with Crippen LogP contribution in [0.3, 0.4) is 0 Å². The molecule has 4 aliphatic rings. The molecule has 0 radical (unpaired) electrons. The molecule has 878 valence electrons. The highest BCUT2D eigenvalue weighted by Crippen LogP contribution is 2.71. The fourth-order valence-electron chi connectivity index (χ4n) is 12.7. The molecule has 0 aromatic heterocycles. The summed E-state index contributed by atoms with van der Waals surface area (Å²) in [5.74, 6) is 3.14. The Hall–Kier alpha value is 2.24. The molecule has 4 aliphatic heterocycles. The standard InChI is InChI=1S/C21H42NO5PS.C20H40NO5PS.C15H32NO3PS.C14H30NO3PS.2C11H25O3PS.C10H23O4PS/c1-19(2,3)26-28(24,27-20(4,5)6)29-17-16-25-18(23)21(7,8)12-15-22-13-10-9-11-14-22;1-18(2,3)25-27(23,26-19(4,5)6)28-16-24-17(22)20(7,8)12-15-21-13-10-9-11-14-21;1-14(2,3)18-20(17,19-15(4,5)6)21-13-12-16-10-8-7-9-11-16;1-13(2,3)17-19(16,18-14(4,5)6)20-12-15-10-8-7-9-11-15;2*1-8-9-16-15(12,13-10(2,3)4)14-11(5,6)7;1-9(2,3)13-15(11,16-8-12-7)14-10(4,5)6/h9-17H2,1-8H3;9-16H2,1-8H3;7-13H2,1-6H3;7-12H2,1-6H3;2*8-9H2,1-7H3;8H2,1-7H3. The second kappa shape index (κ2) is 66.7. The fraction of sp³-hybridized carbons (Fsp3) is 0.980. The molecule has 0 atom stereocenters. The van der Waals surface area contributed by atoms with Crippen molar-refractivity contribution in [2.75, 3.05) is 126 Å². The Bertz CT molecular complexity index is 3680. The zero-order valence-corrected chi connectivity index (χ0v) is 113. The van der Waals surface area contributed by atoms with Crippen LogP contribution in [0.25, 0.3) is 0 Å². The minimum absolute atomic E-state index is 0.0601. The molecule has 0 saturated carbocycles. The number of hydrogen-bond acceptors (Lipinski definition) is 37. The summed E-state index contributed by atoms with van der Waals surface area (Å²) in [6.45, 7) is 79.9. The molecular formula is C102H217N4O26P7S7. The largest absolute Gasteiger partial charge is 0.464 e. The van der Waals surface area contributed by atoms with Gasteiger partial charge in [0.05, 0.1) is 95.1 Å². The van der Waals surface area contributed by atoms with Crippen LogP contribution in [-0.2, 0) is 119 Å². The molecule has 0 bridgehead atoms. The Morgan fingerprint density at radius 1 is 0.226 bits per heavy atom. The van der Waals surface area contributed by atoms with E-state index in [1.165, 1.54) is 123 Å². The second-order valence-corrected chi connectivity index (χ2v) is 79.9. The van der Waals surface area contributed by atoms with Gasteiger partial charge in [0.1, 0.15) is 18.5 Å². The lowest BCUT2D eigenvalue weighted by Crippen LogP contribution is -2.36. The molecule has 0 aliphatic carbocycles. The Balaban J connectivity index is -0.00000166. The lowest BCUT2D eigenvalue weighted by Gasteiger charge is -2.33. The molecule has 4 fully saturated rings. The first-order chi connectivity index (χ1) is 65.2. The minimum Gasteiger partial charge on any atom is -0.464 e. The number of hydrogen-bond donors (Lipinski definition) is 0. The average Bonchev–Trinajstić information content (AvgIpc) is 0.796. The van der Waals surface area contributed by atoms with E-state index in [1.807, 2.05) is 332 Å². The van der Waals surface area contributed by atoms with Gasteiger partial charge in [0, 0.05) is 48.0 Å². The number of piperidine rings is 4. The summed E-state index contributed by atoms with van der Waals surface area (Å²) in [4.78, 5) is 34.7. The Kier molecular flexibility index (Phi) is 69.6. The molecule has 0 aromatic rings. The zero-order valence-electron chi connectivity index (χ0n) is 101. The number of likely N-dealkylation sites (tertiary alicyclic amines) is 4. The highest BCUT2D eigenvalue weighted by atomic mass is 32.7. The highest BCUT2D eigenvalue weighted by molar-refractivity contribution is 8.57. The van der Waals surface area contributed by atoms with Crippen molar-refractivity contribution in [3.63, 3.8) is 0 Å². The number of methoxy groups -OCH3 is 1. The van der Waals surface area contributed by atoms with E-state index >= 15 is 0 Å². The SMILES string of the molecule is CC(C)(C)OP(=O)(OC(C)(C)C)SCCN1CCCCC1.CC(C)(C)OP(=O)(OC(C)(C)C)SCCOC(=O)C(C)(C)CCN1CCCCC1.CC(C)(C)OP(=O)(OC(C)(C)C)SCN1CCCCC1.CC(C)(C)OP(=O)(OC(C)(C)C)SCOC(=O)C(C)(C)CCN1CCCCC1.CCCSP(=O)(OC(C)(C)C)OC(C)(C)C.CCCSP(=O)(OC(C)(C)C)OC(C)(C)C.COCSP(=O)(OC(C)(C)C)OC(C)(C)C. The van der Waals surface area contributed by atoms with E-state index < -0.39 is 137 Å². The van der Waals surface area contributed by atoms with Gasteiger partial charge in [0.15, 0.2) is 0 Å². The average molecular weight is 2360 g/mol. The number of nitrogens with zero attached hydrogens (tertiary/aromatic N) is 4. The molecule has 0 unspecified atom stereocenters. The Labute approximate surface area is 921 Å². The summed E-state index contributed by atoms with van der Waals surface area (Å²) < 4.78 is 185. The maximum absolute atomic E-state index is 13.1. The van der Waals surface area contributed by atoms with E-state index in [9.17, 15) is 41.5 Å². The Morgan fingerprint density at radius 2 is 0.411 bits per heavy atom. The molecule has 0 N–H and O–H groups in total. The van der Waals surface area contributed by atoms with Crippen molar-refractivity contribution >= 4 is 139 Å². The topological polar surface area (TPSA) is 324 Å². The van der Waals surface area contributed by atoms with Gasteiger partial charge >= 0.3 is 59.5 Å². The van der Waals surface area contributed by atoms with Gasteiger partial charge in [-0.1, -0.05) is 39.5 Å². The predicted molar refractivity (Wildman–Crippen MR) is 630 cm³/mol. The van der Waals surface area contributed by atoms with Crippen LogP contribution >= 0.6 is 127 Å². The molecule has 30 nitrogen and oxygen atoms in total. The quantitative estimate of drug-likeness (QED) is 0.0237. The summed E-state index contributed by atoms with van der Waals surface area (Å²) in [6.07, 6.45) is 18.6. The molecule has 4 saturated heterocycles. The van der Waals surface area contributed by atoms with Crippen LogP contribution in [0.4, 0.5) is 0 Å². The number of carbonyl (C=O) groups is 2. The first-order valence-electron chi connectivity index (χ1n) is 52.5. The van der Waals surface area contributed by atoms with E-state index in [-0.39, 0.29) is 30.4 Å². The van der Waals surface area contributed by atoms with Gasteiger partial charge in [0.2, 0.25) is 0 Å². The monoisotopic (exact) mass is 2360 g/mol. The molecule has 0 aromatic carbocycles. The van der Waals surface area contributed by atoms with Crippen molar-refractivity contribution in [1.82, 2.24) is 19.6 Å². The molecule has 4 rings (SSSR count). The molecular weight excluding hydrogens is 2140 g/mol. The first-order valence-corrected chi connectivity index (χ1v) is 74.4. The van der Waals surface area contributed by atoms with Gasteiger partial charge in [-0.2, -0.15) is 0 Å². The lowest BCUT2D eigenvalue weighted by atomic mass is 9.89. The third-order valence-corrected chi connectivity index (χ3v) is 46.6. The second-order valence-electron chi connectivity index (χ2n) is 52.1. The van der Waals surface area contributed by atoms with Gasteiger partial charge in [-0.05, 0) is 529 Å². The molecule has 4 heterocycles. The summed E-state index contributed by atoms with van der Waals surface area (Å²) in [5, 5.41) is 0. The van der Waals surface area contributed by atoms with E-state index in [0.29, 0.717) is 11.6 Å². The maximum Gasteiger partial charge on any atom is 0.393 e. The van der Waals surface area contributed by atoms with Crippen LogP contribution in [0.5, 0.6) is 0 Å². The summed E-state index contributed by atoms with van der Waals surface area (Å²) in [6, 6.07) is 0. The number of esters is 2. The van der Waals surface area contributed by atoms with Crippen molar-refractivity contribution in [1.29, 1.82) is 0 Å². The van der Waals surface area contributed by atoms with Crippen molar-refractivity contribution in [2.45, 2.75) is 513 Å². The van der Waals surface area contributed by atoms with Crippen LogP contribution in [0.2, 0.25) is 0 Å². The zero-order chi connectivity index (χ0) is 115. The van der Waals surface area contributed by atoms with Crippen molar-refractivity contribution in [3.05, 3.63) is 0 Å². The normalized spacial score (nSPS) is 16.9. The van der Waals surface area contributed by atoms with Crippen LogP contribution in [0, 0.1) is 10.8 Å². The Morgan fingerprint density at radius 3 is 0.630 bits per heavy atom. The summed E-state index contributed by atoms with van der Waals surface area (Å²) >= 11 is 8.32. The number of carbonyl (C=O) groups excluding carboxylic acids is 2. The van der Waals surface area contributed by atoms with Gasteiger partial charge in [0.25, 0.3) is 0 Å². The number of ether oxygens (including phenoxy) is 3. The smallest absolute Gasteiger partial charge is 0.393 e. The van der Waals surface area contributed by atoms with E-state index in [1.54, 1.807) is 7.11 Å². The van der Waals surface area contributed by atoms with E-state index in [2.05, 4.69) is 19.6 Å². The molecule has 146 heavy (non-hydrogen) atoms. The van der Waals surface area contributed by atoms with Crippen molar-refractivity contribution in [2.24, 2.45) is 10.8 Å². The lowest BCUT2D eigenvalue weighted by molar-refractivity contribution is -0.154. The van der Waals surface area contributed by atoms with Crippen LogP contribution in [-0.4, -0.2) is 236 Å². The van der Waals surface area contributed by atoms with Gasteiger partial charge in [-0.25, -0.2) is 32.0 Å². The number of rotatable bonds is 45. The van der Waals surface area contributed by atoms with E-state index in [0.717, 1.165) is 149 Å². The molecule has 44 heteroatoms. The molecule has 0 spiro atoms. The minimum atomic E-state index is -3.48. The van der Waals surface area contributed by atoms with Gasteiger partial charge in [-0.15, -0.1) is 0 Å². The van der Waals surface area contributed by atoms with Crippen LogP contribution in [0.1, 0.15) is 435 Å². The fourth-order valence-corrected chi connectivity index (χ4v) is 43.9. The maximum atomic E-state index is 13.1. The summed E-state index contributed by atoms with van der Waals surface area (Å²) in [7, 11) is 1.55. The van der Waals surface area contributed by atoms with Gasteiger partial charge in [-0.3, -0.25) is 77.8 Å². The van der Waals surface area contributed by atoms with Gasteiger partial charge < -0.3 is 28.9 Å². The van der Waals surface area contributed by atoms with Crippen molar-refractivity contribution < 1.29 is 119 Å². The third kappa shape index (κ3) is 89.9. The summed E-state index contributed by atoms with van der Waals surface area (Å²) in [5.41, 5.74) is -8.33. The third-order valence-electron chi connectivity index (χ3n) is 17.7. The van der Waals surface area contributed by atoms with Crippen molar-refractivity contribution in [3.8, 4) is 0 Å². The van der Waals surface area contributed by atoms with E-state index in [4.69, 9.17) is 77.5 Å².